The Labute approximate surface area is 196 Å². The molecule has 3 aromatic heterocycles. The molecule has 0 spiro atoms. The number of para-hydroxylation sites is 1. The molecular formula is C25H26N6O3. The van der Waals surface area contributed by atoms with Crippen LogP contribution in [-0.4, -0.2) is 54.2 Å². The summed E-state index contributed by atoms with van der Waals surface area (Å²) < 4.78 is 11.6. The average molecular weight is 459 g/mol. The number of oxazole rings is 1. The molecule has 1 saturated carbocycles. The first-order valence-electron chi connectivity index (χ1n) is 11.5. The second-order valence-electron chi connectivity index (χ2n) is 9.07. The van der Waals surface area contributed by atoms with Gasteiger partial charge >= 0.3 is 0 Å². The summed E-state index contributed by atoms with van der Waals surface area (Å²) >= 11 is 0. The van der Waals surface area contributed by atoms with E-state index in [2.05, 4.69) is 26.3 Å². The number of hydrogen-bond donors (Lipinski definition) is 2. The van der Waals surface area contributed by atoms with Gasteiger partial charge in [0.05, 0.1) is 35.0 Å². The number of hydrogen-bond acceptors (Lipinski definition) is 8. The van der Waals surface area contributed by atoms with Gasteiger partial charge in [-0.25, -0.2) is 9.97 Å². The van der Waals surface area contributed by atoms with Crippen LogP contribution < -0.4 is 16.0 Å². The highest BCUT2D eigenvalue weighted by molar-refractivity contribution is 6.02. The fourth-order valence-electron chi connectivity index (χ4n) is 4.92. The molecule has 1 unspecified atom stereocenters. The largest absolute Gasteiger partial charge is 0.436 e. The van der Waals surface area contributed by atoms with Gasteiger partial charge in [0.1, 0.15) is 11.3 Å². The van der Waals surface area contributed by atoms with Crippen LogP contribution in [0.2, 0.25) is 0 Å². The third-order valence-electron chi connectivity index (χ3n) is 7.16. The third kappa shape index (κ3) is 3.03. The maximum Gasteiger partial charge on any atom is 0.229 e. The zero-order valence-corrected chi connectivity index (χ0v) is 19.2. The maximum atomic E-state index is 12.1. The number of nitrogens with one attached hydrogen (secondary N) is 1. The van der Waals surface area contributed by atoms with Gasteiger partial charge in [-0.1, -0.05) is 6.07 Å². The van der Waals surface area contributed by atoms with E-state index in [0.717, 1.165) is 40.5 Å². The van der Waals surface area contributed by atoms with Crippen LogP contribution in [0, 0.1) is 0 Å². The molecule has 4 aromatic rings. The standard InChI is InChI=1S/C25H26N6O3/c1-27-22-16-11-28-20(25(7-8-25)24(26)32)10-15(16)17(12-29-22)23-30-21-18(4-3-5-19(21)34-23)31-9-6-14(31)13-33-2/h3-5,10-12,14H,6-9,13H2,1-2H3,(H2,26,32)(H,27,29). The van der Waals surface area contributed by atoms with E-state index in [-0.39, 0.29) is 5.91 Å². The summed E-state index contributed by atoms with van der Waals surface area (Å²) in [5.74, 6) is 0.837. The lowest BCUT2D eigenvalue weighted by atomic mass is 9.98. The lowest BCUT2D eigenvalue weighted by molar-refractivity contribution is -0.120. The first-order chi connectivity index (χ1) is 16.6. The quantitative estimate of drug-likeness (QED) is 0.433. The molecule has 1 aliphatic carbocycles. The van der Waals surface area contributed by atoms with Crippen LogP contribution in [-0.2, 0) is 14.9 Å². The number of carbonyl (C=O) groups excluding carboxylic acids is 1. The summed E-state index contributed by atoms with van der Waals surface area (Å²) in [6.45, 7) is 1.64. The Morgan fingerprint density at radius 2 is 2.15 bits per heavy atom. The predicted octanol–water partition coefficient (Wildman–Crippen LogP) is 3.22. The minimum absolute atomic E-state index is 0.338. The number of ether oxygens (including phenoxy) is 1. The van der Waals surface area contributed by atoms with E-state index in [1.165, 1.54) is 0 Å². The Kier molecular flexibility index (Phi) is 4.70. The van der Waals surface area contributed by atoms with Crippen molar-refractivity contribution in [3.8, 4) is 11.5 Å². The molecule has 2 aliphatic rings. The van der Waals surface area contributed by atoms with Crippen molar-refractivity contribution in [3.63, 3.8) is 0 Å². The number of fused-ring (bicyclic) bond motifs is 2. The summed E-state index contributed by atoms with van der Waals surface area (Å²) in [6, 6.07) is 8.26. The molecule has 1 saturated heterocycles. The fourth-order valence-corrected chi connectivity index (χ4v) is 4.92. The topological polar surface area (TPSA) is 119 Å². The zero-order chi connectivity index (χ0) is 23.4. The van der Waals surface area contributed by atoms with Crippen LogP contribution in [0.15, 0.2) is 41.1 Å². The summed E-state index contributed by atoms with van der Waals surface area (Å²) in [7, 11) is 3.54. The summed E-state index contributed by atoms with van der Waals surface area (Å²) in [4.78, 5) is 28.5. The first kappa shape index (κ1) is 20.9. The van der Waals surface area contributed by atoms with Gasteiger partial charge in [-0.2, -0.15) is 0 Å². The first-order valence-corrected chi connectivity index (χ1v) is 11.5. The van der Waals surface area contributed by atoms with Gasteiger partial charge in [0.25, 0.3) is 0 Å². The van der Waals surface area contributed by atoms with Crippen molar-refractivity contribution in [3.05, 3.63) is 42.4 Å². The summed E-state index contributed by atoms with van der Waals surface area (Å²) in [5.41, 5.74) is 9.03. The average Bonchev–Trinajstić information content (AvgIpc) is 3.54. The predicted molar refractivity (Wildman–Crippen MR) is 130 cm³/mol. The highest BCUT2D eigenvalue weighted by atomic mass is 16.5. The van der Waals surface area contributed by atoms with E-state index in [9.17, 15) is 4.79 Å². The smallest absolute Gasteiger partial charge is 0.229 e. The van der Waals surface area contributed by atoms with Gasteiger partial charge in [-0.15, -0.1) is 0 Å². The van der Waals surface area contributed by atoms with Crippen molar-refractivity contribution in [2.24, 2.45) is 5.73 Å². The van der Waals surface area contributed by atoms with Gasteiger partial charge in [0.15, 0.2) is 5.58 Å². The van der Waals surface area contributed by atoms with Crippen molar-refractivity contribution >= 4 is 39.3 Å². The van der Waals surface area contributed by atoms with Crippen LogP contribution in [0.3, 0.4) is 0 Å². The van der Waals surface area contributed by atoms with E-state index in [0.29, 0.717) is 48.5 Å². The molecule has 2 fully saturated rings. The van der Waals surface area contributed by atoms with E-state index in [1.54, 1.807) is 19.5 Å². The van der Waals surface area contributed by atoms with Crippen molar-refractivity contribution in [1.82, 2.24) is 15.0 Å². The lowest BCUT2D eigenvalue weighted by Gasteiger charge is -2.42. The highest BCUT2D eigenvalue weighted by Gasteiger charge is 2.51. The summed E-state index contributed by atoms with van der Waals surface area (Å²) in [5, 5.41) is 4.81. The number of nitrogens with two attached hydrogens (primary N) is 1. The number of rotatable bonds is 7. The lowest BCUT2D eigenvalue weighted by Crippen LogP contribution is -2.50. The zero-order valence-electron chi connectivity index (χ0n) is 19.2. The molecule has 9 nitrogen and oxygen atoms in total. The Hall–Kier alpha value is -3.72. The maximum absolute atomic E-state index is 12.1. The Morgan fingerprint density at radius 3 is 2.82 bits per heavy atom. The molecule has 4 heterocycles. The van der Waals surface area contributed by atoms with Gasteiger partial charge < -0.3 is 25.1 Å². The SMILES string of the molecule is CNc1ncc(-c2nc3c(N4CCC4COC)cccc3o2)c2cc(C3(C(N)=O)CC3)ncc12. The Morgan fingerprint density at radius 1 is 1.29 bits per heavy atom. The van der Waals surface area contributed by atoms with Gasteiger partial charge in [0.2, 0.25) is 11.8 Å². The molecule has 1 aromatic carbocycles. The number of amides is 1. The molecule has 1 amide bonds. The number of anilines is 2. The van der Waals surface area contributed by atoms with Gasteiger partial charge in [-0.3, -0.25) is 9.78 Å². The molecule has 1 atom stereocenters. The molecule has 9 heteroatoms. The molecule has 174 valence electrons. The third-order valence-corrected chi connectivity index (χ3v) is 7.16. The van der Waals surface area contributed by atoms with E-state index < -0.39 is 5.41 Å². The molecule has 6 rings (SSSR count). The van der Waals surface area contributed by atoms with Crippen LogP contribution in [0.25, 0.3) is 33.3 Å². The monoisotopic (exact) mass is 458 g/mol. The van der Waals surface area contributed by atoms with E-state index in [4.69, 9.17) is 19.9 Å². The highest BCUT2D eigenvalue weighted by Crippen LogP contribution is 2.48. The minimum atomic E-state index is -0.684. The molecule has 1 aliphatic heterocycles. The number of aromatic nitrogens is 3. The second-order valence-corrected chi connectivity index (χ2v) is 9.07. The number of nitrogens with zero attached hydrogens (tertiary/aromatic N) is 4. The molecule has 0 radical (unpaired) electrons. The number of carbonyl (C=O) groups is 1. The van der Waals surface area contributed by atoms with Crippen LogP contribution >= 0.6 is 0 Å². The molecule has 34 heavy (non-hydrogen) atoms. The molecule has 0 bridgehead atoms. The number of benzene rings is 1. The van der Waals surface area contributed by atoms with Crippen molar-refractivity contribution in [1.29, 1.82) is 0 Å². The second kappa shape index (κ2) is 7.66. The van der Waals surface area contributed by atoms with Crippen molar-refractivity contribution in [2.45, 2.75) is 30.7 Å². The fraction of sp³-hybridized carbons (Fsp3) is 0.360. The number of methoxy groups -OCH3 is 1. The van der Waals surface area contributed by atoms with E-state index >= 15 is 0 Å². The minimum Gasteiger partial charge on any atom is -0.436 e. The summed E-state index contributed by atoms with van der Waals surface area (Å²) in [6.07, 6.45) is 6.02. The van der Waals surface area contributed by atoms with Gasteiger partial charge in [-0.05, 0) is 37.5 Å². The van der Waals surface area contributed by atoms with Gasteiger partial charge in [0, 0.05) is 43.9 Å². The Bertz CT molecular complexity index is 1430. The van der Waals surface area contributed by atoms with Crippen molar-refractivity contribution in [2.75, 3.05) is 37.5 Å². The van der Waals surface area contributed by atoms with Crippen LogP contribution in [0.5, 0.6) is 0 Å². The normalized spacial score (nSPS) is 18.8. The van der Waals surface area contributed by atoms with Crippen molar-refractivity contribution < 1.29 is 13.9 Å². The number of primary amides is 1. The molecule has 3 N–H and O–H groups in total. The molecular weight excluding hydrogens is 432 g/mol. The Balaban J connectivity index is 1.50. The number of pyridine rings is 2. The van der Waals surface area contributed by atoms with Crippen LogP contribution in [0.1, 0.15) is 25.0 Å². The van der Waals surface area contributed by atoms with E-state index in [1.807, 2.05) is 25.2 Å². The van der Waals surface area contributed by atoms with Crippen LogP contribution in [0.4, 0.5) is 11.5 Å².